The minimum atomic E-state index is -0.0215. The minimum Gasteiger partial charge on any atom is -0.303 e. The van der Waals surface area contributed by atoms with Crippen LogP contribution in [0.1, 0.15) is 5.56 Å². The molecule has 1 amide bonds. The smallest absolute Gasteiger partial charge is 0.303 e. The lowest BCUT2D eigenvalue weighted by Crippen LogP contribution is -2.32. The highest BCUT2D eigenvalue weighted by molar-refractivity contribution is 7.07. The van der Waals surface area contributed by atoms with E-state index in [2.05, 4.69) is 5.38 Å². The van der Waals surface area contributed by atoms with Crippen LogP contribution in [-0.2, 0) is 13.6 Å². The van der Waals surface area contributed by atoms with Crippen molar-refractivity contribution in [2.45, 2.75) is 6.54 Å². The summed E-state index contributed by atoms with van der Waals surface area (Å²) < 4.78 is 3.42. The van der Waals surface area contributed by atoms with Crippen LogP contribution in [-0.4, -0.2) is 22.5 Å². The molecule has 0 unspecified atom stereocenters. The number of rotatable bonds is 2. The standard InChI is InChI=1S/C11H14N3OS/c1-12-4-5-14(9-12)11(15)13(2)7-10-3-6-16-8-10/h3-6,8-9H,7H2,1-2H3/q+1. The normalized spacial score (nSPS) is 10.4. The lowest BCUT2D eigenvalue weighted by atomic mass is 10.3. The van der Waals surface area contributed by atoms with E-state index in [1.54, 1.807) is 40.4 Å². The van der Waals surface area contributed by atoms with Crippen LogP contribution in [0.4, 0.5) is 4.79 Å². The zero-order valence-electron chi connectivity index (χ0n) is 9.33. The second kappa shape index (κ2) is 4.49. The van der Waals surface area contributed by atoms with Gasteiger partial charge in [0.05, 0.1) is 7.05 Å². The average Bonchev–Trinajstić information content (AvgIpc) is 2.88. The Morgan fingerprint density at radius 1 is 1.62 bits per heavy atom. The SMILES string of the molecule is CN(Cc1ccsc1)C(=O)n1cc[n+](C)c1. The van der Waals surface area contributed by atoms with Crippen molar-refractivity contribution >= 4 is 17.4 Å². The van der Waals surface area contributed by atoms with Crippen LogP contribution in [0, 0.1) is 0 Å². The van der Waals surface area contributed by atoms with E-state index in [0.29, 0.717) is 6.54 Å². The molecule has 2 aromatic rings. The molecule has 0 atom stereocenters. The number of aromatic nitrogens is 2. The van der Waals surface area contributed by atoms with Crippen molar-refractivity contribution in [3.8, 4) is 0 Å². The van der Waals surface area contributed by atoms with E-state index >= 15 is 0 Å². The molecule has 0 N–H and O–H groups in total. The molecule has 0 bridgehead atoms. The van der Waals surface area contributed by atoms with Gasteiger partial charge in [-0.25, -0.2) is 9.36 Å². The van der Waals surface area contributed by atoms with Crippen LogP contribution in [0.2, 0.25) is 0 Å². The zero-order valence-corrected chi connectivity index (χ0v) is 10.1. The van der Waals surface area contributed by atoms with Crippen molar-refractivity contribution < 1.29 is 9.36 Å². The molecule has 0 aromatic carbocycles. The number of hydrogen-bond donors (Lipinski definition) is 0. The largest absolute Gasteiger partial charge is 0.415 e. The van der Waals surface area contributed by atoms with Crippen LogP contribution >= 0.6 is 11.3 Å². The van der Waals surface area contributed by atoms with E-state index in [4.69, 9.17) is 0 Å². The van der Waals surface area contributed by atoms with E-state index in [-0.39, 0.29) is 6.03 Å². The summed E-state index contributed by atoms with van der Waals surface area (Å²) in [6, 6.07) is 2.01. The van der Waals surface area contributed by atoms with Gasteiger partial charge >= 0.3 is 6.03 Å². The molecule has 16 heavy (non-hydrogen) atoms. The number of thiophene rings is 1. The molecule has 5 heteroatoms. The number of imidazole rings is 1. The summed E-state index contributed by atoms with van der Waals surface area (Å²) in [5.41, 5.74) is 1.16. The first-order chi connectivity index (χ1) is 7.66. The quantitative estimate of drug-likeness (QED) is 0.726. The highest BCUT2D eigenvalue weighted by atomic mass is 32.1. The van der Waals surface area contributed by atoms with Gasteiger partial charge in [-0.15, -0.1) is 0 Å². The van der Waals surface area contributed by atoms with Crippen molar-refractivity contribution in [3.63, 3.8) is 0 Å². The number of carbonyl (C=O) groups is 1. The highest BCUT2D eigenvalue weighted by Crippen LogP contribution is 2.09. The summed E-state index contributed by atoms with van der Waals surface area (Å²) in [4.78, 5) is 13.7. The Morgan fingerprint density at radius 2 is 2.44 bits per heavy atom. The molecule has 84 valence electrons. The first-order valence-electron chi connectivity index (χ1n) is 4.96. The van der Waals surface area contributed by atoms with E-state index < -0.39 is 0 Å². The maximum Gasteiger partial charge on any atom is 0.415 e. The van der Waals surface area contributed by atoms with E-state index in [1.807, 2.05) is 29.3 Å². The van der Waals surface area contributed by atoms with Gasteiger partial charge in [0, 0.05) is 13.6 Å². The molecule has 0 saturated heterocycles. The molecular formula is C11H14N3OS+. The van der Waals surface area contributed by atoms with Crippen molar-refractivity contribution in [3.05, 3.63) is 41.1 Å². The molecule has 0 saturated carbocycles. The first kappa shape index (κ1) is 10.9. The molecule has 0 radical (unpaired) electrons. The van der Waals surface area contributed by atoms with Gasteiger partial charge in [0.25, 0.3) is 6.33 Å². The van der Waals surface area contributed by atoms with Crippen LogP contribution in [0.3, 0.4) is 0 Å². The monoisotopic (exact) mass is 236 g/mol. The highest BCUT2D eigenvalue weighted by Gasteiger charge is 2.16. The Kier molecular flexibility index (Phi) is 3.05. The molecule has 0 aliphatic heterocycles. The molecule has 2 aromatic heterocycles. The second-order valence-corrected chi connectivity index (χ2v) is 4.54. The summed E-state index contributed by atoms with van der Waals surface area (Å²) in [6.07, 6.45) is 5.36. The molecular weight excluding hydrogens is 222 g/mol. The Bertz CT molecular complexity index is 475. The van der Waals surface area contributed by atoms with Crippen LogP contribution < -0.4 is 4.57 Å². The van der Waals surface area contributed by atoms with E-state index in [0.717, 1.165) is 5.56 Å². The number of carbonyl (C=O) groups excluding carboxylic acids is 1. The zero-order chi connectivity index (χ0) is 11.5. The van der Waals surface area contributed by atoms with Gasteiger partial charge in [0.15, 0.2) is 0 Å². The lowest BCUT2D eigenvalue weighted by molar-refractivity contribution is -0.670. The first-order valence-corrected chi connectivity index (χ1v) is 5.91. The minimum absolute atomic E-state index is 0.0215. The number of amides is 1. The topological polar surface area (TPSA) is 29.1 Å². The number of aryl methyl sites for hydroxylation is 1. The van der Waals surface area contributed by atoms with Crippen LogP contribution in [0.15, 0.2) is 35.5 Å². The predicted octanol–water partition coefficient (Wildman–Crippen LogP) is 1.47. The van der Waals surface area contributed by atoms with Gasteiger partial charge in [0.2, 0.25) is 0 Å². The maximum absolute atomic E-state index is 12.0. The van der Waals surface area contributed by atoms with Crippen LogP contribution in [0.25, 0.3) is 0 Å². The van der Waals surface area contributed by atoms with Gasteiger partial charge in [-0.2, -0.15) is 15.9 Å². The summed E-state index contributed by atoms with van der Waals surface area (Å²) in [5.74, 6) is 0. The summed E-state index contributed by atoms with van der Waals surface area (Å²) >= 11 is 1.64. The molecule has 4 nitrogen and oxygen atoms in total. The molecule has 2 heterocycles. The predicted molar refractivity (Wildman–Crippen MR) is 62.2 cm³/mol. The van der Waals surface area contributed by atoms with Crippen molar-refractivity contribution in [2.75, 3.05) is 7.05 Å². The Hall–Kier alpha value is -1.62. The van der Waals surface area contributed by atoms with Crippen molar-refractivity contribution in [1.29, 1.82) is 0 Å². The number of hydrogen-bond acceptors (Lipinski definition) is 2. The third-order valence-corrected chi connectivity index (χ3v) is 3.05. The van der Waals surface area contributed by atoms with Crippen molar-refractivity contribution in [1.82, 2.24) is 9.47 Å². The summed E-state index contributed by atoms with van der Waals surface area (Å²) in [7, 11) is 3.70. The fourth-order valence-electron chi connectivity index (χ4n) is 1.48. The summed E-state index contributed by atoms with van der Waals surface area (Å²) in [6.45, 7) is 0.643. The third-order valence-electron chi connectivity index (χ3n) is 2.32. The Labute approximate surface area is 98.4 Å². The van der Waals surface area contributed by atoms with Crippen LogP contribution in [0.5, 0.6) is 0 Å². The van der Waals surface area contributed by atoms with Gasteiger partial charge in [-0.1, -0.05) is 0 Å². The van der Waals surface area contributed by atoms with Crippen molar-refractivity contribution in [2.24, 2.45) is 7.05 Å². The third kappa shape index (κ3) is 2.30. The molecule has 0 fully saturated rings. The van der Waals surface area contributed by atoms with Gasteiger partial charge in [0.1, 0.15) is 12.4 Å². The van der Waals surface area contributed by atoms with Gasteiger partial charge in [-0.3, -0.25) is 0 Å². The summed E-state index contributed by atoms with van der Waals surface area (Å²) in [5, 5.41) is 4.07. The fraction of sp³-hybridized carbons (Fsp3) is 0.273. The molecule has 2 rings (SSSR count). The molecule has 0 aliphatic carbocycles. The maximum atomic E-state index is 12.0. The fourth-order valence-corrected chi connectivity index (χ4v) is 2.14. The average molecular weight is 236 g/mol. The number of nitrogens with zero attached hydrogens (tertiary/aromatic N) is 3. The molecule has 0 aliphatic rings. The van der Waals surface area contributed by atoms with E-state index in [9.17, 15) is 4.79 Å². The molecule has 0 spiro atoms. The van der Waals surface area contributed by atoms with Gasteiger partial charge < -0.3 is 4.90 Å². The van der Waals surface area contributed by atoms with Gasteiger partial charge in [-0.05, 0) is 22.4 Å². The second-order valence-electron chi connectivity index (χ2n) is 3.76. The Balaban J connectivity index is 2.05. The lowest BCUT2D eigenvalue weighted by Gasteiger charge is -2.12. The van der Waals surface area contributed by atoms with E-state index in [1.165, 1.54) is 0 Å². The Morgan fingerprint density at radius 3 is 3.00 bits per heavy atom.